The number of nitrogens with two attached hydrogens (primary N) is 1. The summed E-state index contributed by atoms with van der Waals surface area (Å²) in [6, 6.07) is 4.86. The second-order valence-corrected chi connectivity index (χ2v) is 6.81. The predicted octanol–water partition coefficient (Wildman–Crippen LogP) is -1.96. The lowest BCUT2D eigenvalue weighted by Crippen LogP contribution is -2.58. The summed E-state index contributed by atoms with van der Waals surface area (Å²) in [5.74, 6) is -3.02. The van der Waals surface area contributed by atoms with Gasteiger partial charge in [-0.05, 0) is 12.0 Å². The van der Waals surface area contributed by atoms with Gasteiger partial charge in [-0.2, -0.15) is 0 Å². The van der Waals surface area contributed by atoms with Gasteiger partial charge in [0.15, 0.2) is 6.10 Å². The molecule has 176 valence electrons. The van der Waals surface area contributed by atoms with E-state index in [2.05, 4.69) is 10.6 Å². The number of carbonyl (C=O) groups is 3. The molecule has 12 heteroatoms. The van der Waals surface area contributed by atoms with Gasteiger partial charge in [0.1, 0.15) is 12.2 Å². The van der Waals surface area contributed by atoms with Crippen molar-refractivity contribution in [1.29, 1.82) is 0 Å². The molecular formula is C19H30ClN3O8. The highest BCUT2D eigenvalue weighted by Crippen LogP contribution is 2.17. The van der Waals surface area contributed by atoms with Crippen molar-refractivity contribution in [3.63, 3.8) is 0 Å². The number of hydrogen-bond acceptors (Lipinski definition) is 8. The van der Waals surface area contributed by atoms with Gasteiger partial charge in [-0.3, -0.25) is 14.4 Å². The van der Waals surface area contributed by atoms with Gasteiger partial charge in [-0.1, -0.05) is 37.3 Å². The number of halogens is 1. The molecule has 2 amide bonds. The Bertz CT molecular complexity index is 709. The zero-order valence-electron chi connectivity index (χ0n) is 16.9. The van der Waals surface area contributed by atoms with E-state index in [1.54, 1.807) is 37.3 Å². The number of carbonyl (C=O) groups excluding carboxylic acids is 2. The van der Waals surface area contributed by atoms with Crippen LogP contribution in [0.1, 0.15) is 31.4 Å². The van der Waals surface area contributed by atoms with E-state index in [1.165, 1.54) is 0 Å². The molecule has 1 rings (SSSR count). The van der Waals surface area contributed by atoms with Crippen LogP contribution in [0.25, 0.3) is 0 Å². The largest absolute Gasteiger partial charge is 0.481 e. The number of carboxylic acids is 1. The van der Waals surface area contributed by atoms with Crippen molar-refractivity contribution in [1.82, 2.24) is 10.6 Å². The number of hydrogen-bond donors (Lipinski definition) is 8. The smallest absolute Gasteiger partial charge is 0.305 e. The summed E-state index contributed by atoms with van der Waals surface area (Å²) < 4.78 is 0. The lowest BCUT2D eigenvalue weighted by atomic mass is 9.99. The minimum absolute atomic E-state index is 0. The number of aliphatic carboxylic acids is 1. The van der Waals surface area contributed by atoms with Crippen molar-refractivity contribution in [2.45, 2.75) is 56.2 Å². The van der Waals surface area contributed by atoms with Gasteiger partial charge in [0.25, 0.3) is 5.91 Å². The van der Waals surface area contributed by atoms with Crippen LogP contribution in [0.4, 0.5) is 0 Å². The molecular weight excluding hydrogens is 434 g/mol. The fourth-order valence-electron chi connectivity index (χ4n) is 2.66. The van der Waals surface area contributed by atoms with Gasteiger partial charge in [-0.25, -0.2) is 0 Å². The third kappa shape index (κ3) is 8.77. The van der Waals surface area contributed by atoms with Gasteiger partial charge in [0.2, 0.25) is 5.91 Å². The molecule has 0 spiro atoms. The number of aliphatic hydroxyl groups is 4. The zero-order valence-corrected chi connectivity index (χ0v) is 17.7. The maximum atomic E-state index is 12.3. The van der Waals surface area contributed by atoms with Crippen LogP contribution in [-0.2, 0) is 14.4 Å². The van der Waals surface area contributed by atoms with Crippen LogP contribution < -0.4 is 16.4 Å². The molecule has 31 heavy (non-hydrogen) atoms. The van der Waals surface area contributed by atoms with Crippen molar-refractivity contribution in [2.24, 2.45) is 5.73 Å². The molecule has 0 heterocycles. The van der Waals surface area contributed by atoms with E-state index < -0.39 is 67.2 Å². The van der Waals surface area contributed by atoms with E-state index in [9.17, 15) is 34.8 Å². The fourth-order valence-corrected chi connectivity index (χ4v) is 2.66. The number of benzene rings is 1. The maximum Gasteiger partial charge on any atom is 0.305 e. The Morgan fingerprint density at radius 3 is 2.06 bits per heavy atom. The van der Waals surface area contributed by atoms with E-state index in [1.807, 2.05) is 0 Å². The summed E-state index contributed by atoms with van der Waals surface area (Å²) in [7, 11) is 0. The fraction of sp³-hybridized carbons (Fsp3) is 0.526. The highest BCUT2D eigenvalue weighted by Gasteiger charge is 2.36. The first-order valence-corrected chi connectivity index (χ1v) is 9.40. The van der Waals surface area contributed by atoms with Gasteiger partial charge >= 0.3 is 5.97 Å². The standard InChI is InChI=1S/C19H29N3O8.ClH/c1-2-11(20)18(29)22-13(9-23)15(26)16(27)17(28)19(30)21-12(8-14(24)25)10-6-4-3-5-7-10;/h3-7,11-13,15-17,23,26-28H,2,8-9,20H2,1H3,(H,21,30)(H,22,29)(H,24,25);1H/t11-,12-,13-,15+,16+,17-;/m0./s1. The van der Waals surface area contributed by atoms with Crippen LogP contribution in [0.2, 0.25) is 0 Å². The minimum Gasteiger partial charge on any atom is -0.481 e. The van der Waals surface area contributed by atoms with Crippen molar-refractivity contribution < 1.29 is 39.9 Å². The molecule has 0 aliphatic heterocycles. The van der Waals surface area contributed by atoms with E-state index >= 15 is 0 Å². The van der Waals surface area contributed by atoms with Crippen molar-refractivity contribution in [2.75, 3.05) is 6.61 Å². The Balaban J connectivity index is 0.00000900. The molecule has 0 bridgehead atoms. The second-order valence-electron chi connectivity index (χ2n) is 6.81. The van der Waals surface area contributed by atoms with Gasteiger partial charge < -0.3 is 41.9 Å². The number of carboxylic acid groups (broad SMARTS) is 1. The quantitative estimate of drug-likeness (QED) is 0.173. The molecule has 1 aromatic rings. The van der Waals surface area contributed by atoms with Gasteiger partial charge in [0.05, 0.1) is 31.2 Å². The molecule has 0 saturated carbocycles. The summed E-state index contributed by atoms with van der Waals surface area (Å²) >= 11 is 0. The van der Waals surface area contributed by atoms with E-state index in [0.717, 1.165) is 0 Å². The molecule has 0 aliphatic rings. The van der Waals surface area contributed by atoms with Crippen LogP contribution in [0.5, 0.6) is 0 Å². The number of nitrogens with one attached hydrogen (secondary N) is 2. The molecule has 1 aromatic carbocycles. The summed E-state index contributed by atoms with van der Waals surface area (Å²) in [5, 5.41) is 53.5. The van der Waals surface area contributed by atoms with Crippen LogP contribution in [0.3, 0.4) is 0 Å². The first-order chi connectivity index (χ1) is 14.1. The molecule has 9 N–H and O–H groups in total. The molecule has 0 unspecified atom stereocenters. The second kappa shape index (κ2) is 13.9. The Morgan fingerprint density at radius 2 is 1.58 bits per heavy atom. The third-order valence-corrected chi connectivity index (χ3v) is 4.55. The van der Waals surface area contributed by atoms with Crippen molar-refractivity contribution in [3.8, 4) is 0 Å². The lowest BCUT2D eigenvalue weighted by Gasteiger charge is -2.30. The monoisotopic (exact) mass is 463 g/mol. The Hall–Kier alpha value is -2.28. The van der Waals surface area contributed by atoms with Crippen LogP contribution in [0, 0.1) is 0 Å². The van der Waals surface area contributed by atoms with E-state index in [-0.39, 0.29) is 18.8 Å². The maximum absolute atomic E-state index is 12.3. The van der Waals surface area contributed by atoms with E-state index in [0.29, 0.717) is 5.56 Å². The first kappa shape index (κ1) is 28.7. The Morgan fingerprint density at radius 1 is 1.00 bits per heavy atom. The number of amides is 2. The van der Waals surface area contributed by atoms with Gasteiger partial charge in [-0.15, -0.1) is 12.4 Å². The number of aliphatic hydroxyl groups excluding tert-OH is 4. The molecule has 0 radical (unpaired) electrons. The molecule has 11 nitrogen and oxygen atoms in total. The minimum atomic E-state index is -2.16. The predicted molar refractivity (Wildman–Crippen MR) is 112 cm³/mol. The normalized spacial score (nSPS) is 16.6. The lowest BCUT2D eigenvalue weighted by molar-refractivity contribution is -0.145. The highest BCUT2D eigenvalue weighted by molar-refractivity contribution is 5.85. The summed E-state index contributed by atoms with van der Waals surface area (Å²) in [6.45, 7) is 0.859. The van der Waals surface area contributed by atoms with Crippen molar-refractivity contribution in [3.05, 3.63) is 35.9 Å². The SMILES string of the molecule is CC[C@H](N)C(=O)N[C@@H](CO)[C@@H](O)[C@@H](O)[C@H](O)C(=O)N[C@@H](CC(=O)O)c1ccccc1.Cl. The third-order valence-electron chi connectivity index (χ3n) is 4.55. The topological polar surface area (TPSA) is 202 Å². The summed E-state index contributed by atoms with van der Waals surface area (Å²) in [6.07, 6.45) is -6.34. The van der Waals surface area contributed by atoms with Crippen molar-refractivity contribution >= 4 is 30.2 Å². The first-order valence-electron chi connectivity index (χ1n) is 9.40. The van der Waals surface area contributed by atoms with Crippen LogP contribution in [-0.4, -0.2) is 80.3 Å². The van der Waals surface area contributed by atoms with Gasteiger partial charge in [0, 0.05) is 0 Å². The average molecular weight is 464 g/mol. The Kier molecular flexibility index (Phi) is 12.9. The summed E-state index contributed by atoms with van der Waals surface area (Å²) in [4.78, 5) is 35.3. The highest BCUT2D eigenvalue weighted by atomic mass is 35.5. The summed E-state index contributed by atoms with van der Waals surface area (Å²) in [5.41, 5.74) is 6.02. The zero-order chi connectivity index (χ0) is 22.8. The molecule has 0 saturated heterocycles. The molecule has 6 atom stereocenters. The number of rotatable bonds is 12. The van der Waals surface area contributed by atoms with Crippen LogP contribution in [0.15, 0.2) is 30.3 Å². The van der Waals surface area contributed by atoms with Crippen LogP contribution >= 0.6 is 12.4 Å². The van der Waals surface area contributed by atoms with E-state index in [4.69, 9.17) is 10.8 Å². The molecule has 0 fully saturated rings. The average Bonchev–Trinajstić information content (AvgIpc) is 2.74. The Labute approximate surface area is 185 Å². The molecule has 0 aliphatic carbocycles. The molecule has 0 aromatic heterocycles.